The van der Waals surface area contributed by atoms with Crippen molar-refractivity contribution in [3.05, 3.63) is 16.5 Å². The quantitative estimate of drug-likeness (QED) is 0.718. The smallest absolute Gasteiger partial charge is 0.322 e. The second-order valence-electron chi connectivity index (χ2n) is 5.23. The highest BCUT2D eigenvalue weighted by Gasteiger charge is 2.29. The van der Waals surface area contributed by atoms with Crippen molar-refractivity contribution in [2.24, 2.45) is 0 Å². The molecule has 1 aromatic heterocycles. The number of likely N-dealkylation sites (N-methyl/N-ethyl adjacent to an activating group) is 1. The fourth-order valence-electron chi connectivity index (χ4n) is 1.69. The van der Waals surface area contributed by atoms with Gasteiger partial charge in [0.2, 0.25) is 0 Å². The number of thiophene rings is 1. The van der Waals surface area contributed by atoms with Gasteiger partial charge in [0.05, 0.1) is 4.34 Å². The van der Waals surface area contributed by atoms with Crippen LogP contribution in [0.25, 0.3) is 0 Å². The SMILES string of the molecule is C[C@H](OC(=O)CN(C)S(=O)(=O)c1ccc(Cl)s1)C(=O)NC1CC1. The number of carbonyl (C=O) groups is 2. The Bertz CT molecular complexity index is 699. The summed E-state index contributed by atoms with van der Waals surface area (Å²) in [5.74, 6) is -1.17. The lowest BCUT2D eigenvalue weighted by molar-refractivity contribution is -0.154. The zero-order valence-electron chi connectivity index (χ0n) is 12.6. The van der Waals surface area contributed by atoms with Gasteiger partial charge in [0.1, 0.15) is 10.8 Å². The minimum Gasteiger partial charge on any atom is -0.452 e. The molecule has 0 spiro atoms. The number of ether oxygens (including phenoxy) is 1. The Morgan fingerprint density at radius 3 is 2.65 bits per heavy atom. The predicted molar refractivity (Wildman–Crippen MR) is 85.9 cm³/mol. The highest BCUT2D eigenvalue weighted by molar-refractivity contribution is 7.91. The maximum Gasteiger partial charge on any atom is 0.322 e. The molecule has 1 N–H and O–H groups in total. The van der Waals surface area contributed by atoms with E-state index in [9.17, 15) is 18.0 Å². The van der Waals surface area contributed by atoms with E-state index in [0.717, 1.165) is 28.5 Å². The number of nitrogens with one attached hydrogen (secondary N) is 1. The highest BCUT2D eigenvalue weighted by atomic mass is 35.5. The van der Waals surface area contributed by atoms with E-state index < -0.39 is 28.6 Å². The number of halogens is 1. The molecule has 0 unspecified atom stereocenters. The van der Waals surface area contributed by atoms with E-state index in [-0.39, 0.29) is 16.2 Å². The Kier molecular flexibility index (Phi) is 5.66. The molecule has 1 saturated carbocycles. The number of nitrogens with zero attached hydrogens (tertiary/aromatic N) is 1. The summed E-state index contributed by atoms with van der Waals surface area (Å²) >= 11 is 6.63. The van der Waals surface area contributed by atoms with Crippen LogP contribution in [0.1, 0.15) is 19.8 Å². The molecule has 0 aliphatic heterocycles. The van der Waals surface area contributed by atoms with Gasteiger partial charge in [-0.25, -0.2) is 8.42 Å². The summed E-state index contributed by atoms with van der Waals surface area (Å²) in [6, 6.07) is 3.00. The molecular formula is C13H17ClN2O5S2. The fraction of sp³-hybridized carbons (Fsp3) is 0.538. The molecule has 23 heavy (non-hydrogen) atoms. The molecule has 1 amide bonds. The lowest BCUT2D eigenvalue weighted by Gasteiger charge is -2.17. The molecule has 1 fully saturated rings. The zero-order chi connectivity index (χ0) is 17.2. The monoisotopic (exact) mass is 380 g/mol. The summed E-state index contributed by atoms with van der Waals surface area (Å²) in [4.78, 5) is 23.5. The molecule has 0 aromatic carbocycles. The minimum absolute atomic E-state index is 0.0392. The highest BCUT2D eigenvalue weighted by Crippen LogP contribution is 2.27. The second kappa shape index (κ2) is 7.16. The van der Waals surface area contributed by atoms with Gasteiger partial charge >= 0.3 is 5.97 Å². The number of rotatable bonds is 7. The van der Waals surface area contributed by atoms with Crippen molar-refractivity contribution in [2.45, 2.75) is 36.1 Å². The molecule has 0 radical (unpaired) electrons. The molecule has 1 aromatic rings. The fourth-order valence-corrected chi connectivity index (χ4v) is 4.50. The number of sulfonamides is 1. The van der Waals surface area contributed by atoms with Gasteiger partial charge in [-0.3, -0.25) is 9.59 Å². The van der Waals surface area contributed by atoms with E-state index in [1.165, 1.54) is 26.1 Å². The molecule has 1 aliphatic carbocycles. The first-order valence-electron chi connectivity index (χ1n) is 6.91. The summed E-state index contributed by atoms with van der Waals surface area (Å²) in [5.41, 5.74) is 0. The van der Waals surface area contributed by atoms with E-state index in [4.69, 9.17) is 16.3 Å². The number of amides is 1. The number of hydrogen-bond donors (Lipinski definition) is 1. The average molecular weight is 381 g/mol. The molecule has 1 atom stereocenters. The third kappa shape index (κ3) is 4.90. The molecule has 1 aliphatic rings. The minimum atomic E-state index is -3.81. The zero-order valence-corrected chi connectivity index (χ0v) is 15.0. The van der Waals surface area contributed by atoms with Gasteiger partial charge in [-0.15, -0.1) is 11.3 Å². The van der Waals surface area contributed by atoms with Crippen molar-refractivity contribution in [1.82, 2.24) is 9.62 Å². The van der Waals surface area contributed by atoms with Crippen LogP contribution in [0.15, 0.2) is 16.3 Å². The molecule has 128 valence electrons. The third-order valence-electron chi connectivity index (χ3n) is 3.17. The molecule has 7 nitrogen and oxygen atoms in total. The largest absolute Gasteiger partial charge is 0.452 e. The van der Waals surface area contributed by atoms with Crippen molar-refractivity contribution < 1.29 is 22.7 Å². The van der Waals surface area contributed by atoms with Crippen molar-refractivity contribution in [2.75, 3.05) is 13.6 Å². The maximum atomic E-state index is 12.2. The first-order valence-corrected chi connectivity index (χ1v) is 9.55. The number of esters is 1. The second-order valence-corrected chi connectivity index (χ2v) is 9.22. The van der Waals surface area contributed by atoms with Crippen LogP contribution in [0.2, 0.25) is 4.34 Å². The van der Waals surface area contributed by atoms with Crippen LogP contribution in [-0.4, -0.2) is 50.3 Å². The van der Waals surface area contributed by atoms with Crippen molar-refractivity contribution in [1.29, 1.82) is 0 Å². The Morgan fingerprint density at radius 2 is 2.13 bits per heavy atom. The van der Waals surface area contributed by atoms with Crippen molar-refractivity contribution >= 4 is 44.8 Å². The van der Waals surface area contributed by atoms with Crippen LogP contribution in [0.3, 0.4) is 0 Å². The van der Waals surface area contributed by atoms with Crippen LogP contribution in [0.5, 0.6) is 0 Å². The van der Waals surface area contributed by atoms with E-state index in [1.807, 2.05) is 0 Å². The lowest BCUT2D eigenvalue weighted by Crippen LogP contribution is -2.40. The van der Waals surface area contributed by atoms with Gasteiger partial charge in [-0.05, 0) is 31.9 Å². The summed E-state index contributed by atoms with van der Waals surface area (Å²) in [5, 5.41) is 2.71. The third-order valence-corrected chi connectivity index (χ3v) is 6.67. The van der Waals surface area contributed by atoms with Crippen LogP contribution < -0.4 is 5.32 Å². The van der Waals surface area contributed by atoms with Gasteiger partial charge < -0.3 is 10.1 Å². The first kappa shape index (κ1) is 18.2. The molecule has 0 bridgehead atoms. The van der Waals surface area contributed by atoms with E-state index in [2.05, 4.69) is 5.32 Å². The van der Waals surface area contributed by atoms with Crippen molar-refractivity contribution in [3.8, 4) is 0 Å². The molecule has 10 heteroatoms. The van der Waals surface area contributed by atoms with E-state index in [0.29, 0.717) is 4.34 Å². The predicted octanol–water partition coefficient (Wildman–Crippen LogP) is 1.23. The first-order chi connectivity index (χ1) is 10.7. The normalized spacial score (nSPS) is 16.2. The summed E-state index contributed by atoms with van der Waals surface area (Å²) in [6.07, 6.45) is 0.892. The summed E-state index contributed by atoms with van der Waals surface area (Å²) in [7, 11) is -2.55. The maximum absolute atomic E-state index is 12.2. The van der Waals surface area contributed by atoms with Gasteiger partial charge in [0, 0.05) is 13.1 Å². The van der Waals surface area contributed by atoms with Gasteiger partial charge in [-0.2, -0.15) is 4.31 Å². The molecular weight excluding hydrogens is 364 g/mol. The number of carbonyl (C=O) groups excluding carboxylic acids is 2. The van der Waals surface area contributed by atoms with Crippen molar-refractivity contribution in [3.63, 3.8) is 0 Å². The van der Waals surface area contributed by atoms with Gasteiger partial charge in [-0.1, -0.05) is 11.6 Å². The van der Waals surface area contributed by atoms with Crippen LogP contribution in [0.4, 0.5) is 0 Å². The van der Waals surface area contributed by atoms with Crippen LogP contribution in [0, 0.1) is 0 Å². The Morgan fingerprint density at radius 1 is 1.48 bits per heavy atom. The van der Waals surface area contributed by atoms with Gasteiger partial charge in [0.15, 0.2) is 6.10 Å². The Hall–Kier alpha value is -1.16. The molecule has 1 heterocycles. The Balaban J connectivity index is 1.89. The average Bonchev–Trinajstić information content (AvgIpc) is 3.16. The van der Waals surface area contributed by atoms with E-state index in [1.54, 1.807) is 0 Å². The summed E-state index contributed by atoms with van der Waals surface area (Å²) < 4.78 is 30.7. The summed E-state index contributed by atoms with van der Waals surface area (Å²) in [6.45, 7) is 0.960. The standard InChI is InChI=1S/C13H17ClN2O5S2/c1-8(13(18)15-9-3-4-9)21-11(17)7-16(2)23(19,20)12-6-5-10(14)22-12/h5-6,8-9H,3-4,7H2,1-2H3,(H,15,18)/t8-/m0/s1. The van der Waals surface area contributed by atoms with Gasteiger partial charge in [0.25, 0.3) is 15.9 Å². The topological polar surface area (TPSA) is 92.8 Å². The number of hydrogen-bond acceptors (Lipinski definition) is 6. The Labute approximate surface area is 143 Å². The lowest BCUT2D eigenvalue weighted by atomic mass is 10.3. The van der Waals surface area contributed by atoms with E-state index >= 15 is 0 Å². The molecule has 0 saturated heterocycles. The van der Waals surface area contributed by atoms with Crippen LogP contribution in [-0.2, 0) is 24.3 Å². The van der Waals surface area contributed by atoms with Crippen LogP contribution >= 0.6 is 22.9 Å². The molecule has 2 rings (SSSR count).